The van der Waals surface area contributed by atoms with E-state index in [-0.39, 0.29) is 77.1 Å². The molecule has 0 aliphatic carbocycles. The number of nitrogens with one attached hydrogen (secondary N) is 3. The van der Waals surface area contributed by atoms with E-state index < -0.39 is 39.8 Å². The maximum absolute atomic E-state index is 14.2. The molecule has 76 heavy (non-hydrogen) atoms. The number of nitrogens with zero attached hydrogens (tertiary/aromatic N) is 5. The molecule has 0 saturated carbocycles. The molecule has 0 spiro atoms. The van der Waals surface area contributed by atoms with Gasteiger partial charge in [-0.25, -0.2) is 8.78 Å². The zero-order chi connectivity index (χ0) is 55.9. The molecule has 0 radical (unpaired) electrons. The largest absolute Gasteiger partial charge is 0.480 e. The second-order valence-corrected chi connectivity index (χ2v) is 38.8. The van der Waals surface area contributed by atoms with Gasteiger partial charge in [-0.1, -0.05) is 110 Å². The van der Waals surface area contributed by atoms with E-state index >= 15 is 0 Å². The number of aliphatic carboxylic acids is 1. The second kappa shape index (κ2) is 28.9. The molecule has 2 aliphatic heterocycles. The molecule has 2 aliphatic rings. The normalized spacial score (nSPS) is 15.8. The van der Waals surface area contributed by atoms with Crippen molar-refractivity contribution >= 4 is 163 Å². The standard InChI is InChI=1S/C24H26ClFN4O3Si.C13H18ClFN2OSi.C11H10N2O3.S7/c1-15(31)23-17-8-4-5-10-19(17)30(28-23)12-21(32)29-14-34(2,3)13-20(29)24(33)27-11-16-7-6-9-18(25)22(16)26;1-19(2)7-11(17-8-19)13(18)16-6-9-4-3-5-10(14)12(9)15;1-7(14)11-8-4-2-3-5-9(8)13(12-11)6-10(15)16;1-3-5-7-6-4-2/h4-10,20H,11-14H2,1-3H3,(H,27,33);3-5,11,17H,6-8H2,1-2H3,(H,16,18);2-5H,6H2,1H3,(H,15,16);/t20-;11-;;/m00../s1. The Hall–Kier alpha value is -4.59. The number of hydrogen-bond donors (Lipinski definition) is 4. The van der Waals surface area contributed by atoms with Crippen LogP contribution in [-0.4, -0.2) is 105 Å². The monoisotopic (exact) mass is 1240 g/mol. The summed E-state index contributed by atoms with van der Waals surface area (Å²) < 4.78 is 30.7. The number of carbonyl (C=O) groups is 6. The number of halogens is 4. The van der Waals surface area contributed by atoms with E-state index in [1.807, 2.05) is 18.2 Å². The molecule has 2 saturated heterocycles. The van der Waals surface area contributed by atoms with Crippen molar-refractivity contribution in [1.29, 1.82) is 0 Å². The van der Waals surface area contributed by atoms with E-state index in [0.717, 1.165) is 12.2 Å². The fourth-order valence-corrected chi connectivity index (χ4v) is 22.3. The van der Waals surface area contributed by atoms with Gasteiger partial charge in [-0.3, -0.25) is 38.1 Å². The number of carbonyl (C=O) groups excluding carboxylic acids is 5. The number of ketones is 2. The minimum Gasteiger partial charge on any atom is -0.480 e. The molecule has 0 bridgehead atoms. The third-order valence-electron chi connectivity index (χ3n) is 11.9. The molecule has 4 heterocycles. The van der Waals surface area contributed by atoms with Gasteiger partial charge < -0.3 is 26.0 Å². The van der Waals surface area contributed by atoms with Crippen molar-refractivity contribution in [1.82, 2.24) is 40.4 Å². The highest BCUT2D eigenvalue weighted by Crippen LogP contribution is 2.29. The number of aromatic nitrogens is 4. The lowest BCUT2D eigenvalue weighted by molar-refractivity contribution is -0.138. The number of Topliss-reactive ketones (excluding diaryl/α,β-unsaturated/α-hetero) is 2. The number of carboxylic acid groups (broad SMARTS) is 1. The number of fused-ring (bicyclic) bond motifs is 2. The van der Waals surface area contributed by atoms with Gasteiger partial charge in [0.2, 0.25) is 17.7 Å². The Balaban J connectivity index is 0.000000214. The van der Waals surface area contributed by atoms with Crippen LogP contribution in [0.15, 0.2) is 84.9 Å². The first-order chi connectivity index (χ1) is 36.0. The van der Waals surface area contributed by atoms with Crippen molar-refractivity contribution in [2.75, 3.05) is 12.3 Å². The van der Waals surface area contributed by atoms with Crippen molar-refractivity contribution in [2.45, 2.75) is 90.4 Å². The van der Waals surface area contributed by atoms with Crippen molar-refractivity contribution in [2.24, 2.45) is 0 Å². The molecule has 15 nitrogen and oxygen atoms in total. The molecule has 3 amide bonds. The van der Waals surface area contributed by atoms with Crippen molar-refractivity contribution < 1.29 is 42.7 Å². The Morgan fingerprint density at radius 3 is 1.61 bits per heavy atom. The fourth-order valence-electron chi connectivity index (χ4n) is 8.42. The molecular weight excluding hydrogens is 1190 g/mol. The molecular formula is C48H54Cl2F2N8O7S7Si2. The Morgan fingerprint density at radius 1 is 0.684 bits per heavy atom. The van der Waals surface area contributed by atoms with E-state index in [1.54, 1.807) is 86.1 Å². The number of benzene rings is 4. The van der Waals surface area contributed by atoms with Crippen LogP contribution in [0.25, 0.3) is 21.8 Å². The van der Waals surface area contributed by atoms with Crippen LogP contribution in [-0.2, 0) is 112 Å². The molecule has 28 heteroatoms. The second-order valence-electron chi connectivity index (χ2n) is 19.0. The minimum absolute atomic E-state index is 0.00524. The van der Waals surface area contributed by atoms with Gasteiger partial charge in [0, 0.05) is 122 Å². The lowest BCUT2D eigenvalue weighted by Crippen LogP contribution is -2.47. The number of carboxylic acids is 1. The van der Waals surface area contributed by atoms with Crippen LogP contribution in [0.5, 0.6) is 0 Å². The molecule has 4 aromatic carbocycles. The molecule has 2 fully saturated rings. The van der Waals surface area contributed by atoms with Crippen molar-refractivity contribution in [3.8, 4) is 0 Å². The van der Waals surface area contributed by atoms with Crippen LogP contribution in [0.2, 0.25) is 48.3 Å². The van der Waals surface area contributed by atoms with Crippen LogP contribution in [0.1, 0.15) is 46.0 Å². The fraction of sp³-hybridized carbons (Fsp3) is 0.333. The maximum atomic E-state index is 14.2. The number of rotatable bonds is 12. The lowest BCUT2D eigenvalue weighted by atomic mass is 10.2. The molecule has 406 valence electrons. The molecule has 6 aromatic rings. The maximum Gasteiger partial charge on any atom is 0.325 e. The van der Waals surface area contributed by atoms with Crippen LogP contribution in [0.3, 0.4) is 0 Å². The summed E-state index contributed by atoms with van der Waals surface area (Å²) >= 11 is 20.7. The molecule has 8 rings (SSSR count). The summed E-state index contributed by atoms with van der Waals surface area (Å²) in [4.78, 5) is 74.0. The third-order valence-corrected chi connectivity index (χ3v) is 26.7. The Bertz CT molecular complexity index is 3390. The average Bonchev–Trinajstić information content (AvgIpc) is 4.14. The van der Waals surface area contributed by atoms with Gasteiger partial charge in [0.15, 0.2) is 11.6 Å². The Kier molecular flexibility index (Phi) is 23.6. The first-order valence-corrected chi connectivity index (χ1v) is 38.7. The van der Waals surface area contributed by atoms with Crippen LogP contribution < -0.4 is 16.0 Å². The SMILES string of the molecule is CC(=O)c1nn(CC(=O)N2C[Si](C)(C)C[C@H]2C(=O)NCc2cccc(Cl)c2F)c2ccccc12.CC(=O)c1nn(CC(=O)O)c2ccccc12.C[Si]1(C)CN[C@H](C(=O)NCc2cccc(Cl)c2F)C1.S=S=S=S=S=S=S. The minimum atomic E-state index is -1.84. The molecule has 2 aromatic heterocycles. The van der Waals surface area contributed by atoms with E-state index in [4.69, 9.17) is 28.3 Å². The van der Waals surface area contributed by atoms with Crippen LogP contribution in [0, 0.1) is 11.6 Å². The summed E-state index contributed by atoms with van der Waals surface area (Å²) in [6.45, 7) is 11.5. The molecule has 4 N–H and O–H groups in total. The van der Waals surface area contributed by atoms with Crippen molar-refractivity contribution in [3.63, 3.8) is 0 Å². The summed E-state index contributed by atoms with van der Waals surface area (Å²) in [6, 6.07) is 24.6. The zero-order valence-corrected chi connectivity index (χ0v) is 51.1. The van der Waals surface area contributed by atoms with Crippen molar-refractivity contribution in [3.05, 3.63) is 129 Å². The highest BCUT2D eigenvalue weighted by atomic mass is 35.5. The summed E-state index contributed by atoms with van der Waals surface area (Å²) in [7, 11) is 4.27. The van der Waals surface area contributed by atoms with Gasteiger partial charge in [-0.2, -0.15) is 10.2 Å². The average molecular weight is 1240 g/mol. The zero-order valence-electron chi connectivity index (χ0n) is 41.9. The Morgan fingerprint density at radius 2 is 1.16 bits per heavy atom. The van der Waals surface area contributed by atoms with Gasteiger partial charge in [0.25, 0.3) is 0 Å². The summed E-state index contributed by atoms with van der Waals surface area (Å²) in [5, 5.41) is 27.4. The van der Waals surface area contributed by atoms with Gasteiger partial charge in [-0.05, 0) is 42.5 Å². The predicted molar refractivity (Wildman–Crippen MR) is 317 cm³/mol. The lowest BCUT2D eigenvalue weighted by Gasteiger charge is -2.24. The van der Waals surface area contributed by atoms with E-state index in [9.17, 15) is 37.5 Å². The first-order valence-electron chi connectivity index (χ1n) is 23.1. The van der Waals surface area contributed by atoms with Gasteiger partial charge in [0.1, 0.15) is 42.2 Å². The third kappa shape index (κ3) is 17.5. The highest BCUT2D eigenvalue weighted by molar-refractivity contribution is 8.68. The smallest absolute Gasteiger partial charge is 0.325 e. The van der Waals surface area contributed by atoms with E-state index in [2.05, 4.69) is 74.7 Å². The van der Waals surface area contributed by atoms with Gasteiger partial charge >= 0.3 is 5.97 Å². The van der Waals surface area contributed by atoms with E-state index in [1.165, 1.54) is 53.1 Å². The predicted octanol–water partition coefficient (Wildman–Crippen LogP) is 7.43. The summed E-state index contributed by atoms with van der Waals surface area (Å²) in [5.74, 6) is -2.97. The topological polar surface area (TPSA) is 198 Å². The summed E-state index contributed by atoms with van der Waals surface area (Å²) in [6.07, 6.45) is 1.49. The number of para-hydroxylation sites is 2. The first kappa shape index (κ1) is 62.3. The quantitative estimate of drug-likeness (QED) is 0.0700. The summed E-state index contributed by atoms with van der Waals surface area (Å²) in [5.41, 5.74) is 2.68. The van der Waals surface area contributed by atoms with E-state index in [0.29, 0.717) is 51.0 Å². The van der Waals surface area contributed by atoms with Crippen LogP contribution >= 0.6 is 23.2 Å². The number of amides is 3. The Labute approximate surface area is 474 Å². The van der Waals surface area contributed by atoms with Gasteiger partial charge in [-0.15, -0.1) is 0 Å². The number of hydrogen-bond acceptors (Lipinski definition) is 11. The van der Waals surface area contributed by atoms with Crippen LogP contribution in [0.4, 0.5) is 8.78 Å². The highest BCUT2D eigenvalue weighted by Gasteiger charge is 2.45. The molecule has 0 unspecified atom stereocenters. The molecule has 2 atom stereocenters. The van der Waals surface area contributed by atoms with Gasteiger partial charge in [0.05, 0.1) is 43.3 Å².